The molecule has 0 aromatic heterocycles. The molecule has 0 aliphatic carbocycles. The Labute approximate surface area is 175 Å². The summed E-state index contributed by atoms with van der Waals surface area (Å²) in [6, 6.07) is 8.26. The van der Waals surface area contributed by atoms with Gasteiger partial charge in [-0.05, 0) is 58.9 Å². The maximum absolute atomic E-state index is 12.9. The van der Waals surface area contributed by atoms with E-state index in [1.54, 1.807) is 0 Å². The molecule has 0 N–H and O–H groups in total. The van der Waals surface area contributed by atoms with Crippen LogP contribution >= 0.6 is 0 Å². The van der Waals surface area contributed by atoms with Gasteiger partial charge in [0.2, 0.25) is 0 Å². The Morgan fingerprint density at radius 1 is 1.28 bits per heavy atom. The van der Waals surface area contributed by atoms with E-state index in [-0.39, 0.29) is 18.1 Å². The first-order valence-electron chi connectivity index (χ1n) is 10.7. The van der Waals surface area contributed by atoms with Crippen molar-refractivity contribution in [2.24, 2.45) is 5.41 Å². The zero-order valence-corrected chi connectivity index (χ0v) is 18.9. The summed E-state index contributed by atoms with van der Waals surface area (Å²) >= 11 is 0. The number of methoxy groups -OCH3 is 1. The molecule has 1 fully saturated rings. The topological polar surface area (TPSA) is 55.8 Å². The largest absolute Gasteiger partial charge is 0.469 e. The summed E-state index contributed by atoms with van der Waals surface area (Å²) < 4.78 is 10.9. The van der Waals surface area contributed by atoms with Crippen LogP contribution in [-0.4, -0.2) is 42.3 Å². The second-order valence-corrected chi connectivity index (χ2v) is 9.36. The predicted octanol–water partition coefficient (Wildman–Crippen LogP) is 5.29. The van der Waals surface area contributed by atoms with Crippen molar-refractivity contribution in [2.45, 2.75) is 84.8 Å². The summed E-state index contributed by atoms with van der Waals surface area (Å²) in [5.74, 6) is -0.177. The smallest absolute Gasteiger partial charge is 0.410 e. The Bertz CT molecular complexity index is 709. The highest BCUT2D eigenvalue weighted by molar-refractivity contribution is 5.78. The van der Waals surface area contributed by atoms with E-state index in [1.165, 1.54) is 12.7 Å². The number of piperidine rings is 1. The Hall–Kier alpha value is -2.04. The van der Waals surface area contributed by atoms with Crippen LogP contribution in [0.5, 0.6) is 0 Å². The molecule has 0 radical (unpaired) electrons. The number of ether oxygens (including phenoxy) is 2. The second-order valence-electron chi connectivity index (χ2n) is 9.36. The minimum Gasteiger partial charge on any atom is -0.469 e. The van der Waals surface area contributed by atoms with Crippen molar-refractivity contribution in [3.63, 3.8) is 0 Å². The van der Waals surface area contributed by atoms with Crippen molar-refractivity contribution in [2.75, 3.05) is 13.7 Å². The van der Waals surface area contributed by atoms with Gasteiger partial charge in [-0.25, -0.2) is 4.79 Å². The van der Waals surface area contributed by atoms with Gasteiger partial charge in [0.15, 0.2) is 0 Å². The highest BCUT2D eigenvalue weighted by atomic mass is 16.6. The Morgan fingerprint density at radius 3 is 2.59 bits per heavy atom. The minimum atomic E-state index is -0.612. The van der Waals surface area contributed by atoms with Gasteiger partial charge in [-0.15, -0.1) is 0 Å². The molecule has 0 saturated carbocycles. The highest BCUT2D eigenvalue weighted by Gasteiger charge is 2.47. The molecule has 2 rings (SSSR count). The molecule has 29 heavy (non-hydrogen) atoms. The quantitative estimate of drug-likeness (QED) is 0.606. The van der Waals surface area contributed by atoms with Crippen molar-refractivity contribution < 1.29 is 19.1 Å². The molecule has 1 saturated heterocycles. The van der Waals surface area contributed by atoms with Gasteiger partial charge in [-0.3, -0.25) is 4.79 Å². The van der Waals surface area contributed by atoms with Crippen molar-refractivity contribution in [3.8, 4) is 0 Å². The lowest BCUT2D eigenvalue weighted by atomic mass is 9.70. The number of benzene rings is 1. The molecule has 2 atom stereocenters. The molecule has 5 heteroatoms. The summed E-state index contributed by atoms with van der Waals surface area (Å²) in [6.45, 7) is 10.3. The molecule has 1 aromatic rings. The number of carbonyl (C=O) groups excluding carboxylic acids is 2. The average Bonchev–Trinajstić information content (AvgIpc) is 2.64. The minimum absolute atomic E-state index is 0.0255. The molecular weight excluding hydrogens is 366 g/mol. The molecule has 1 aliphatic rings. The summed E-state index contributed by atoms with van der Waals surface area (Å²) in [4.78, 5) is 27.6. The van der Waals surface area contributed by atoms with Gasteiger partial charge in [0.25, 0.3) is 0 Å². The molecular formula is C24H37NO4. The van der Waals surface area contributed by atoms with E-state index in [1.807, 2.05) is 31.7 Å². The molecule has 1 aromatic carbocycles. The number of esters is 1. The fraction of sp³-hybridized carbons (Fsp3) is 0.667. The third-order valence-electron chi connectivity index (χ3n) is 5.66. The van der Waals surface area contributed by atoms with Crippen molar-refractivity contribution in [1.29, 1.82) is 0 Å². The zero-order valence-electron chi connectivity index (χ0n) is 18.9. The molecule has 2 unspecified atom stereocenters. The van der Waals surface area contributed by atoms with Crippen molar-refractivity contribution in [3.05, 3.63) is 35.4 Å². The van der Waals surface area contributed by atoms with Crippen LogP contribution in [-0.2, 0) is 20.7 Å². The Kier molecular flexibility index (Phi) is 7.73. The summed E-state index contributed by atoms with van der Waals surface area (Å²) in [5, 5.41) is 0. The van der Waals surface area contributed by atoms with Crippen LogP contribution in [0.4, 0.5) is 4.79 Å². The van der Waals surface area contributed by atoms with Gasteiger partial charge in [0.05, 0.1) is 12.5 Å². The van der Waals surface area contributed by atoms with Crippen molar-refractivity contribution >= 4 is 12.1 Å². The van der Waals surface area contributed by atoms with Crippen molar-refractivity contribution in [1.82, 2.24) is 4.90 Å². The van der Waals surface area contributed by atoms with Crippen LogP contribution in [0.3, 0.4) is 0 Å². The number of likely N-dealkylation sites (tertiary alicyclic amines) is 1. The summed E-state index contributed by atoms with van der Waals surface area (Å²) in [6.07, 6.45) is 4.44. The summed E-state index contributed by atoms with van der Waals surface area (Å²) in [5.41, 5.74) is 1.16. The predicted molar refractivity (Wildman–Crippen MR) is 115 cm³/mol. The third-order valence-corrected chi connectivity index (χ3v) is 5.66. The lowest BCUT2D eigenvalue weighted by Gasteiger charge is -2.45. The van der Waals surface area contributed by atoms with E-state index in [0.717, 1.165) is 24.8 Å². The standard InChI is InChI=1S/C24H37NO4/c1-7-8-12-20-17-24(21(26)28-6,16-19-11-9-10-18(2)15-19)13-14-25(20)22(27)29-23(3,4)5/h9-11,15,20H,7-8,12-14,16-17H2,1-6H3. The molecule has 1 heterocycles. The monoisotopic (exact) mass is 403 g/mol. The van der Waals surface area contributed by atoms with Crippen LogP contribution in [0.15, 0.2) is 24.3 Å². The second kappa shape index (κ2) is 9.64. The van der Waals surface area contributed by atoms with E-state index in [4.69, 9.17) is 9.47 Å². The van der Waals surface area contributed by atoms with E-state index < -0.39 is 11.0 Å². The van der Waals surface area contributed by atoms with Gasteiger partial charge < -0.3 is 14.4 Å². The molecule has 5 nitrogen and oxygen atoms in total. The highest BCUT2D eigenvalue weighted by Crippen LogP contribution is 2.41. The molecule has 162 valence electrons. The van der Waals surface area contributed by atoms with Crippen LogP contribution < -0.4 is 0 Å². The first kappa shape index (κ1) is 23.2. The number of hydrogen-bond acceptors (Lipinski definition) is 4. The number of unbranched alkanes of at least 4 members (excludes halogenated alkanes) is 1. The number of hydrogen-bond donors (Lipinski definition) is 0. The van der Waals surface area contributed by atoms with Crippen LogP contribution in [0.2, 0.25) is 0 Å². The normalized spacial score (nSPS) is 22.3. The van der Waals surface area contributed by atoms with E-state index in [9.17, 15) is 9.59 Å². The fourth-order valence-corrected chi connectivity index (χ4v) is 4.29. The maximum atomic E-state index is 12.9. The zero-order chi connectivity index (χ0) is 21.7. The van der Waals surface area contributed by atoms with Crippen LogP contribution in [0, 0.1) is 12.3 Å². The van der Waals surface area contributed by atoms with Gasteiger partial charge in [0, 0.05) is 12.6 Å². The summed E-state index contributed by atoms with van der Waals surface area (Å²) in [7, 11) is 1.46. The lowest BCUT2D eigenvalue weighted by Crippen LogP contribution is -2.54. The average molecular weight is 404 g/mol. The molecule has 0 spiro atoms. The maximum Gasteiger partial charge on any atom is 0.410 e. The molecule has 1 amide bonds. The number of aryl methyl sites for hydroxylation is 1. The number of carbonyl (C=O) groups is 2. The van der Waals surface area contributed by atoms with Gasteiger partial charge >= 0.3 is 12.1 Å². The number of nitrogens with zero attached hydrogens (tertiary/aromatic N) is 1. The Balaban J connectivity index is 2.29. The fourth-order valence-electron chi connectivity index (χ4n) is 4.29. The number of rotatable bonds is 6. The van der Waals surface area contributed by atoms with E-state index in [2.05, 4.69) is 32.0 Å². The Morgan fingerprint density at radius 2 is 2.00 bits per heavy atom. The van der Waals surface area contributed by atoms with Gasteiger partial charge in [-0.1, -0.05) is 49.6 Å². The van der Waals surface area contributed by atoms with Crippen LogP contribution in [0.1, 0.15) is 70.9 Å². The lowest BCUT2D eigenvalue weighted by molar-refractivity contribution is -0.157. The molecule has 1 aliphatic heterocycles. The van der Waals surface area contributed by atoms with Gasteiger partial charge in [-0.2, -0.15) is 0 Å². The SMILES string of the molecule is CCCCC1CC(Cc2cccc(C)c2)(C(=O)OC)CCN1C(=O)OC(C)(C)C. The van der Waals surface area contributed by atoms with Gasteiger partial charge in [0.1, 0.15) is 5.60 Å². The number of amides is 1. The van der Waals surface area contributed by atoms with E-state index in [0.29, 0.717) is 25.8 Å². The molecule has 0 bridgehead atoms. The van der Waals surface area contributed by atoms with E-state index >= 15 is 0 Å². The first-order valence-corrected chi connectivity index (χ1v) is 10.7. The third kappa shape index (κ3) is 6.22. The first-order chi connectivity index (χ1) is 13.6. The van der Waals surface area contributed by atoms with Crippen LogP contribution in [0.25, 0.3) is 0 Å².